The topological polar surface area (TPSA) is 64.2 Å². The van der Waals surface area contributed by atoms with E-state index in [0.717, 1.165) is 28.2 Å². The molecule has 5 aromatic rings. The monoisotopic (exact) mass is 393 g/mol. The third kappa shape index (κ3) is 3.35. The van der Waals surface area contributed by atoms with E-state index in [-0.39, 0.29) is 5.91 Å². The van der Waals surface area contributed by atoms with Gasteiger partial charge in [0.1, 0.15) is 5.69 Å². The summed E-state index contributed by atoms with van der Waals surface area (Å²) in [6, 6.07) is 23.4. The molecule has 0 aliphatic carbocycles. The van der Waals surface area contributed by atoms with Crippen molar-refractivity contribution in [2.45, 2.75) is 6.54 Å². The number of hydrogen-bond acceptors (Lipinski definition) is 3. The second-order valence-corrected chi connectivity index (χ2v) is 6.92. The molecule has 0 unspecified atom stereocenters. The van der Waals surface area contributed by atoms with Gasteiger partial charge >= 0.3 is 0 Å². The van der Waals surface area contributed by atoms with E-state index in [1.807, 2.05) is 94.3 Å². The lowest BCUT2D eigenvalue weighted by molar-refractivity contribution is 0.0952. The number of nitrogens with zero attached hydrogens (tertiary/aromatic N) is 4. The summed E-state index contributed by atoms with van der Waals surface area (Å²) in [4.78, 5) is 16.9. The Morgan fingerprint density at radius 2 is 1.70 bits per heavy atom. The summed E-state index contributed by atoms with van der Waals surface area (Å²) in [7, 11) is 0. The van der Waals surface area contributed by atoms with Crippen molar-refractivity contribution in [2.75, 3.05) is 0 Å². The molecular weight excluding hydrogens is 374 g/mol. The predicted molar refractivity (Wildman–Crippen MR) is 115 cm³/mol. The average molecular weight is 393 g/mol. The van der Waals surface area contributed by atoms with Crippen molar-refractivity contribution >= 4 is 11.4 Å². The molecular formula is C24H19N5O. The molecule has 1 aromatic carbocycles. The van der Waals surface area contributed by atoms with Gasteiger partial charge in [0.2, 0.25) is 0 Å². The minimum atomic E-state index is -0.121. The van der Waals surface area contributed by atoms with Crippen LogP contribution in [0.4, 0.5) is 0 Å². The van der Waals surface area contributed by atoms with Gasteiger partial charge < -0.3 is 9.72 Å². The van der Waals surface area contributed by atoms with E-state index in [2.05, 4.69) is 10.3 Å². The number of benzene rings is 1. The fraction of sp³-hybridized carbons (Fsp3) is 0.0417. The molecule has 5 rings (SSSR count). The second-order valence-electron chi connectivity index (χ2n) is 6.92. The number of aromatic nitrogens is 4. The number of pyridine rings is 2. The van der Waals surface area contributed by atoms with E-state index in [9.17, 15) is 4.79 Å². The van der Waals surface area contributed by atoms with Gasteiger partial charge in [-0.1, -0.05) is 24.3 Å². The van der Waals surface area contributed by atoms with E-state index >= 15 is 0 Å². The van der Waals surface area contributed by atoms with Crippen molar-refractivity contribution in [2.24, 2.45) is 0 Å². The Balaban J connectivity index is 1.49. The van der Waals surface area contributed by atoms with Gasteiger partial charge in [-0.05, 0) is 54.1 Å². The van der Waals surface area contributed by atoms with Gasteiger partial charge in [-0.15, -0.1) is 0 Å². The molecule has 0 radical (unpaired) electrons. The lowest BCUT2D eigenvalue weighted by Crippen LogP contribution is -2.22. The van der Waals surface area contributed by atoms with Crippen LogP contribution in [0.3, 0.4) is 0 Å². The van der Waals surface area contributed by atoms with Gasteiger partial charge in [0, 0.05) is 31.3 Å². The molecule has 0 atom stereocenters. The van der Waals surface area contributed by atoms with Gasteiger partial charge in [-0.2, -0.15) is 5.10 Å². The van der Waals surface area contributed by atoms with Crippen LogP contribution in [-0.2, 0) is 6.54 Å². The highest BCUT2D eigenvalue weighted by atomic mass is 16.1. The summed E-state index contributed by atoms with van der Waals surface area (Å²) < 4.78 is 3.83. The first kappa shape index (κ1) is 17.9. The first-order valence-corrected chi connectivity index (χ1v) is 9.68. The molecule has 4 aromatic heterocycles. The largest absolute Gasteiger partial charge is 0.348 e. The van der Waals surface area contributed by atoms with Gasteiger partial charge in [-0.25, -0.2) is 4.68 Å². The summed E-state index contributed by atoms with van der Waals surface area (Å²) in [5.74, 6) is -0.121. The number of nitrogens with one attached hydrogen (secondary N) is 1. The standard InChI is InChI=1S/C24H19N5O/c30-24(26-17-18-9-12-25-13-10-18)20-16-23(28-14-5-4-8-22(20)28)21-11-15-29(27-21)19-6-2-1-3-7-19/h1-16H,17H2,(H,26,30). The quantitative estimate of drug-likeness (QED) is 0.489. The molecule has 0 bridgehead atoms. The van der Waals surface area contributed by atoms with Crippen LogP contribution in [0.15, 0.2) is 97.6 Å². The predicted octanol–water partition coefficient (Wildman–Crippen LogP) is 4.12. The van der Waals surface area contributed by atoms with E-state index in [4.69, 9.17) is 5.10 Å². The molecule has 0 saturated carbocycles. The van der Waals surface area contributed by atoms with E-state index in [0.29, 0.717) is 12.1 Å². The fourth-order valence-electron chi connectivity index (χ4n) is 3.50. The van der Waals surface area contributed by atoms with E-state index < -0.39 is 0 Å². The van der Waals surface area contributed by atoms with Gasteiger partial charge in [0.05, 0.1) is 22.5 Å². The Morgan fingerprint density at radius 3 is 2.53 bits per heavy atom. The van der Waals surface area contributed by atoms with Gasteiger partial charge in [-0.3, -0.25) is 9.78 Å². The molecule has 1 amide bonds. The van der Waals surface area contributed by atoms with Crippen molar-refractivity contribution in [1.29, 1.82) is 0 Å². The molecule has 4 heterocycles. The van der Waals surface area contributed by atoms with Crippen molar-refractivity contribution in [3.8, 4) is 17.1 Å². The van der Waals surface area contributed by atoms with Gasteiger partial charge in [0.15, 0.2) is 0 Å². The SMILES string of the molecule is O=C(NCc1ccncc1)c1cc(-c2ccn(-c3ccccc3)n2)n2ccccc12. The number of rotatable bonds is 5. The smallest absolute Gasteiger partial charge is 0.253 e. The number of carbonyl (C=O) groups is 1. The summed E-state index contributed by atoms with van der Waals surface area (Å²) in [6.07, 6.45) is 7.31. The van der Waals surface area contributed by atoms with Crippen molar-refractivity contribution in [3.63, 3.8) is 0 Å². The highest BCUT2D eigenvalue weighted by molar-refractivity contribution is 6.02. The second kappa shape index (κ2) is 7.67. The minimum Gasteiger partial charge on any atom is -0.348 e. The molecule has 0 fully saturated rings. The Labute approximate surface area is 173 Å². The number of amides is 1. The Morgan fingerprint density at radius 1 is 0.900 bits per heavy atom. The molecule has 30 heavy (non-hydrogen) atoms. The lowest BCUT2D eigenvalue weighted by Gasteiger charge is -2.04. The zero-order chi connectivity index (χ0) is 20.3. The van der Waals surface area contributed by atoms with Crippen molar-refractivity contribution < 1.29 is 4.79 Å². The van der Waals surface area contributed by atoms with Crippen molar-refractivity contribution in [1.82, 2.24) is 24.5 Å². The maximum Gasteiger partial charge on any atom is 0.253 e. The normalized spacial score (nSPS) is 10.9. The van der Waals surface area contributed by atoms with E-state index in [1.165, 1.54) is 0 Å². The molecule has 0 aliphatic heterocycles. The molecule has 146 valence electrons. The van der Waals surface area contributed by atoms with Gasteiger partial charge in [0.25, 0.3) is 5.91 Å². The summed E-state index contributed by atoms with van der Waals surface area (Å²) in [5.41, 5.74) is 5.12. The van der Waals surface area contributed by atoms with Crippen LogP contribution >= 0.6 is 0 Å². The average Bonchev–Trinajstić information content (AvgIpc) is 3.44. The number of carbonyl (C=O) groups excluding carboxylic acids is 1. The minimum absolute atomic E-state index is 0.121. The number of fused-ring (bicyclic) bond motifs is 1. The van der Waals surface area contributed by atoms with Crippen LogP contribution < -0.4 is 5.32 Å². The third-order valence-corrected chi connectivity index (χ3v) is 5.00. The highest BCUT2D eigenvalue weighted by Crippen LogP contribution is 2.26. The summed E-state index contributed by atoms with van der Waals surface area (Å²) >= 11 is 0. The summed E-state index contributed by atoms with van der Waals surface area (Å²) in [6.45, 7) is 0.448. The lowest BCUT2D eigenvalue weighted by atomic mass is 10.2. The molecule has 0 saturated heterocycles. The molecule has 0 spiro atoms. The number of para-hydroxylation sites is 1. The number of hydrogen-bond donors (Lipinski definition) is 1. The molecule has 1 N–H and O–H groups in total. The molecule has 6 nitrogen and oxygen atoms in total. The van der Waals surface area contributed by atoms with E-state index in [1.54, 1.807) is 12.4 Å². The van der Waals surface area contributed by atoms with Crippen LogP contribution in [-0.4, -0.2) is 25.1 Å². The first-order valence-electron chi connectivity index (χ1n) is 9.68. The van der Waals surface area contributed by atoms with Crippen LogP contribution in [0.25, 0.3) is 22.6 Å². The zero-order valence-corrected chi connectivity index (χ0v) is 16.1. The Bertz CT molecular complexity index is 1310. The Hall–Kier alpha value is -4.19. The van der Waals surface area contributed by atoms with Crippen LogP contribution in [0.2, 0.25) is 0 Å². The maximum atomic E-state index is 12.9. The van der Waals surface area contributed by atoms with Crippen LogP contribution in [0, 0.1) is 0 Å². The first-order chi connectivity index (χ1) is 14.8. The van der Waals surface area contributed by atoms with Crippen LogP contribution in [0.5, 0.6) is 0 Å². The zero-order valence-electron chi connectivity index (χ0n) is 16.1. The molecule has 6 heteroatoms. The molecule has 0 aliphatic rings. The third-order valence-electron chi connectivity index (χ3n) is 5.00. The Kier molecular flexibility index (Phi) is 4.57. The highest BCUT2D eigenvalue weighted by Gasteiger charge is 2.17. The van der Waals surface area contributed by atoms with Crippen LogP contribution in [0.1, 0.15) is 15.9 Å². The maximum absolute atomic E-state index is 12.9. The van der Waals surface area contributed by atoms with Crippen molar-refractivity contribution in [3.05, 3.63) is 109 Å². The summed E-state index contributed by atoms with van der Waals surface area (Å²) in [5, 5.41) is 7.72. The fourth-order valence-corrected chi connectivity index (χ4v) is 3.50.